The normalized spacial score (nSPS) is 13.7. The predicted octanol–water partition coefficient (Wildman–Crippen LogP) is 1.39. The van der Waals surface area contributed by atoms with Crippen molar-refractivity contribution < 1.29 is 14.7 Å². The molecule has 34 heavy (non-hydrogen) atoms. The van der Waals surface area contributed by atoms with Crippen LogP contribution in [0.1, 0.15) is 27.6 Å². The fraction of sp³-hybridized carbons (Fsp3) is 0.286. The molecule has 13 heteroatoms. The quantitative estimate of drug-likeness (QED) is 0.399. The van der Waals surface area contributed by atoms with Gasteiger partial charge in [-0.15, -0.1) is 0 Å². The van der Waals surface area contributed by atoms with E-state index >= 15 is 0 Å². The highest BCUT2D eigenvalue weighted by Crippen LogP contribution is 2.16. The van der Waals surface area contributed by atoms with Gasteiger partial charge in [-0.25, -0.2) is 14.8 Å². The topological polar surface area (TPSA) is 134 Å². The fourth-order valence-corrected chi connectivity index (χ4v) is 3.96. The molecule has 1 amide bonds. The Morgan fingerprint density at radius 2 is 1.91 bits per heavy atom. The SMILES string of the molecule is CCn1cc(C(=O)O)c(=O)c2cnc(N3CCN(C(=S)NC(=O)c4ccc(Cl)nc4)CC3)nc21. The van der Waals surface area contributed by atoms with Gasteiger partial charge < -0.3 is 19.5 Å². The number of piperazine rings is 1. The first-order valence-corrected chi connectivity index (χ1v) is 11.2. The highest BCUT2D eigenvalue weighted by molar-refractivity contribution is 7.80. The number of aryl methyl sites for hydroxylation is 1. The van der Waals surface area contributed by atoms with Crippen molar-refractivity contribution in [2.24, 2.45) is 0 Å². The number of hydrogen-bond acceptors (Lipinski definition) is 8. The number of amides is 1. The standard InChI is InChI=1S/C21H20ClN7O4S/c1-2-27-11-14(19(32)33)16(30)13-10-24-20(25-17(13)27)28-5-7-29(8-6-28)21(34)26-18(31)12-3-4-15(22)23-9-12/h3-4,9-11H,2,5-8H2,1H3,(H,32,33)(H,26,31,34). The molecule has 0 spiro atoms. The number of aromatic carboxylic acids is 1. The molecule has 0 atom stereocenters. The molecule has 3 aromatic rings. The molecule has 4 heterocycles. The maximum Gasteiger partial charge on any atom is 0.341 e. The Morgan fingerprint density at radius 3 is 2.53 bits per heavy atom. The average Bonchev–Trinajstić information content (AvgIpc) is 2.84. The lowest BCUT2D eigenvalue weighted by atomic mass is 10.2. The van der Waals surface area contributed by atoms with Crippen LogP contribution in [0.25, 0.3) is 11.0 Å². The molecule has 0 saturated carbocycles. The summed E-state index contributed by atoms with van der Waals surface area (Å²) in [7, 11) is 0. The van der Waals surface area contributed by atoms with E-state index in [2.05, 4.69) is 20.3 Å². The molecular formula is C21H20ClN7O4S. The van der Waals surface area contributed by atoms with Crippen LogP contribution in [0.3, 0.4) is 0 Å². The smallest absolute Gasteiger partial charge is 0.341 e. The zero-order chi connectivity index (χ0) is 24.4. The van der Waals surface area contributed by atoms with E-state index in [1.807, 2.05) is 16.7 Å². The fourth-order valence-electron chi connectivity index (χ4n) is 3.58. The summed E-state index contributed by atoms with van der Waals surface area (Å²) in [6.07, 6.45) is 4.06. The van der Waals surface area contributed by atoms with E-state index in [1.54, 1.807) is 10.6 Å². The van der Waals surface area contributed by atoms with Crippen LogP contribution in [0.2, 0.25) is 5.15 Å². The molecule has 11 nitrogen and oxygen atoms in total. The minimum Gasteiger partial charge on any atom is -0.477 e. The van der Waals surface area contributed by atoms with E-state index in [0.29, 0.717) is 60.1 Å². The predicted molar refractivity (Wildman–Crippen MR) is 130 cm³/mol. The van der Waals surface area contributed by atoms with Crippen LogP contribution in [0.15, 0.2) is 35.5 Å². The van der Waals surface area contributed by atoms with Crippen molar-refractivity contribution in [2.75, 3.05) is 31.1 Å². The summed E-state index contributed by atoms with van der Waals surface area (Å²) in [5.41, 5.74) is -0.197. The number of nitrogens with one attached hydrogen (secondary N) is 1. The van der Waals surface area contributed by atoms with Gasteiger partial charge in [-0.05, 0) is 31.3 Å². The Hall–Kier alpha value is -3.64. The first kappa shape index (κ1) is 23.5. The zero-order valence-corrected chi connectivity index (χ0v) is 19.6. The average molecular weight is 502 g/mol. The zero-order valence-electron chi connectivity index (χ0n) is 18.1. The number of pyridine rings is 2. The number of aromatic nitrogens is 4. The third kappa shape index (κ3) is 4.68. The Kier molecular flexibility index (Phi) is 6.70. The van der Waals surface area contributed by atoms with Gasteiger partial charge in [0.2, 0.25) is 11.4 Å². The highest BCUT2D eigenvalue weighted by Gasteiger charge is 2.23. The number of carbonyl (C=O) groups is 2. The molecule has 1 aliphatic heterocycles. The number of carboxylic acid groups (broad SMARTS) is 1. The molecule has 0 aliphatic carbocycles. The van der Waals surface area contributed by atoms with E-state index in [0.717, 1.165) is 0 Å². The molecule has 0 unspecified atom stereocenters. The summed E-state index contributed by atoms with van der Waals surface area (Å²) in [6.45, 7) is 4.40. The van der Waals surface area contributed by atoms with Crippen molar-refractivity contribution in [1.82, 2.24) is 29.7 Å². The second-order valence-corrected chi connectivity index (χ2v) is 8.25. The van der Waals surface area contributed by atoms with Gasteiger partial charge in [0.1, 0.15) is 16.4 Å². The van der Waals surface area contributed by atoms with Crippen LogP contribution in [0.4, 0.5) is 5.95 Å². The van der Waals surface area contributed by atoms with E-state index in [9.17, 15) is 19.5 Å². The highest BCUT2D eigenvalue weighted by atomic mass is 35.5. The minimum atomic E-state index is -1.29. The molecular weight excluding hydrogens is 482 g/mol. The number of hydrogen-bond donors (Lipinski definition) is 2. The second-order valence-electron chi connectivity index (χ2n) is 7.47. The van der Waals surface area contributed by atoms with Crippen LogP contribution in [-0.2, 0) is 6.54 Å². The first-order chi connectivity index (χ1) is 16.3. The van der Waals surface area contributed by atoms with Crippen LogP contribution in [-0.4, -0.2) is 72.7 Å². The number of rotatable bonds is 4. The number of carboxylic acids is 1. The van der Waals surface area contributed by atoms with Gasteiger partial charge in [0.25, 0.3) is 5.91 Å². The van der Waals surface area contributed by atoms with Crippen LogP contribution in [0.5, 0.6) is 0 Å². The van der Waals surface area contributed by atoms with Crippen molar-refractivity contribution in [1.29, 1.82) is 0 Å². The second kappa shape index (κ2) is 9.69. The van der Waals surface area contributed by atoms with Gasteiger partial charge in [0.15, 0.2) is 5.11 Å². The van der Waals surface area contributed by atoms with Crippen LogP contribution in [0, 0.1) is 0 Å². The summed E-state index contributed by atoms with van der Waals surface area (Å²) in [5, 5.41) is 12.7. The summed E-state index contributed by atoms with van der Waals surface area (Å²) in [5.74, 6) is -1.23. The number of nitrogens with zero attached hydrogens (tertiary/aromatic N) is 6. The molecule has 3 aromatic heterocycles. The molecule has 176 valence electrons. The third-order valence-electron chi connectivity index (χ3n) is 5.43. The Balaban J connectivity index is 1.46. The van der Waals surface area contributed by atoms with Gasteiger partial charge in [-0.3, -0.25) is 14.9 Å². The number of fused-ring (bicyclic) bond motifs is 1. The Morgan fingerprint density at radius 1 is 1.18 bits per heavy atom. The summed E-state index contributed by atoms with van der Waals surface area (Å²) < 4.78 is 1.62. The van der Waals surface area contributed by atoms with Gasteiger partial charge in [-0.1, -0.05) is 11.6 Å². The lowest BCUT2D eigenvalue weighted by molar-refractivity contribution is 0.0694. The van der Waals surface area contributed by atoms with E-state index < -0.39 is 11.4 Å². The number of anilines is 1. The van der Waals surface area contributed by atoms with E-state index in [1.165, 1.54) is 24.7 Å². The van der Waals surface area contributed by atoms with E-state index in [4.69, 9.17) is 23.8 Å². The maximum absolute atomic E-state index is 12.5. The monoisotopic (exact) mass is 501 g/mol. The molecule has 0 bridgehead atoms. The van der Waals surface area contributed by atoms with Crippen LogP contribution >= 0.6 is 23.8 Å². The number of halogens is 1. The van der Waals surface area contributed by atoms with Gasteiger partial charge in [0, 0.05) is 51.3 Å². The van der Waals surface area contributed by atoms with Gasteiger partial charge >= 0.3 is 5.97 Å². The van der Waals surface area contributed by atoms with Crippen molar-refractivity contribution in [3.63, 3.8) is 0 Å². The summed E-state index contributed by atoms with van der Waals surface area (Å²) in [6, 6.07) is 3.10. The van der Waals surface area contributed by atoms with Gasteiger partial charge in [0.05, 0.1) is 10.9 Å². The number of carbonyl (C=O) groups excluding carboxylic acids is 1. The van der Waals surface area contributed by atoms with Crippen molar-refractivity contribution in [3.8, 4) is 0 Å². The lowest BCUT2D eigenvalue weighted by Gasteiger charge is -2.36. The van der Waals surface area contributed by atoms with Crippen molar-refractivity contribution in [2.45, 2.75) is 13.5 Å². The molecule has 0 radical (unpaired) electrons. The molecule has 2 N–H and O–H groups in total. The Labute approximate surface area is 204 Å². The largest absolute Gasteiger partial charge is 0.477 e. The molecule has 1 aliphatic rings. The maximum atomic E-state index is 12.5. The summed E-state index contributed by atoms with van der Waals surface area (Å²) in [4.78, 5) is 52.8. The molecule has 4 rings (SSSR count). The summed E-state index contributed by atoms with van der Waals surface area (Å²) >= 11 is 11.1. The Bertz CT molecular complexity index is 1340. The van der Waals surface area contributed by atoms with E-state index in [-0.39, 0.29) is 16.9 Å². The van der Waals surface area contributed by atoms with Crippen molar-refractivity contribution >= 4 is 57.8 Å². The third-order valence-corrected chi connectivity index (χ3v) is 6.02. The molecule has 1 fully saturated rings. The van der Waals surface area contributed by atoms with Crippen LogP contribution < -0.4 is 15.6 Å². The minimum absolute atomic E-state index is 0.157. The van der Waals surface area contributed by atoms with Gasteiger partial charge in [-0.2, -0.15) is 4.98 Å². The van der Waals surface area contributed by atoms with Crippen molar-refractivity contribution in [3.05, 3.63) is 57.2 Å². The lowest BCUT2D eigenvalue weighted by Crippen LogP contribution is -2.53. The molecule has 0 aromatic carbocycles. The molecule has 1 saturated heterocycles. The first-order valence-electron chi connectivity index (χ1n) is 10.4. The number of thiocarbonyl (C=S) groups is 1.